The number of rotatable bonds is 6. The van der Waals surface area contributed by atoms with Gasteiger partial charge in [0.2, 0.25) is 0 Å². The molecule has 5 heteroatoms. The zero-order valence-corrected chi connectivity index (χ0v) is 15.2. The maximum atomic E-state index is 12.5. The van der Waals surface area contributed by atoms with E-state index in [-0.39, 0.29) is 5.91 Å². The highest BCUT2D eigenvalue weighted by Gasteiger charge is 2.11. The van der Waals surface area contributed by atoms with Crippen LogP contribution in [0, 0.1) is 13.8 Å². The normalized spacial score (nSPS) is 10.6. The Hall–Kier alpha value is -3.08. The fourth-order valence-corrected chi connectivity index (χ4v) is 2.72. The number of pyridine rings is 1. The topological polar surface area (TPSA) is 60.5 Å². The molecule has 0 saturated heterocycles. The molecular weight excluding hydrogens is 328 g/mol. The van der Waals surface area contributed by atoms with Gasteiger partial charge in [-0.05, 0) is 43.7 Å². The van der Waals surface area contributed by atoms with E-state index in [2.05, 4.69) is 10.3 Å². The summed E-state index contributed by atoms with van der Waals surface area (Å²) in [5, 5.41) is 3.84. The Balaban J connectivity index is 1.60. The number of benzene rings is 2. The Morgan fingerprint density at radius 2 is 1.88 bits per heavy atom. The number of carbonyl (C=O) groups excluding carboxylic acids is 1. The SMILES string of the molecule is COc1cccc(OCCNC(=O)c2cc3ccc(C)cc3nc2C)c1. The summed E-state index contributed by atoms with van der Waals surface area (Å²) in [4.78, 5) is 17.0. The van der Waals surface area contributed by atoms with Crippen molar-refractivity contribution in [3.05, 3.63) is 65.4 Å². The largest absolute Gasteiger partial charge is 0.497 e. The number of fused-ring (bicyclic) bond motifs is 1. The molecule has 0 aliphatic heterocycles. The molecule has 3 rings (SSSR count). The van der Waals surface area contributed by atoms with E-state index in [0.29, 0.717) is 30.2 Å². The van der Waals surface area contributed by atoms with E-state index in [1.165, 1.54) is 0 Å². The molecule has 1 heterocycles. The van der Waals surface area contributed by atoms with Crippen molar-refractivity contribution >= 4 is 16.8 Å². The van der Waals surface area contributed by atoms with Crippen LogP contribution in [0.1, 0.15) is 21.6 Å². The smallest absolute Gasteiger partial charge is 0.253 e. The second-order valence-corrected chi connectivity index (χ2v) is 6.10. The van der Waals surface area contributed by atoms with Gasteiger partial charge in [-0.3, -0.25) is 9.78 Å². The van der Waals surface area contributed by atoms with Crippen molar-refractivity contribution in [3.8, 4) is 11.5 Å². The van der Waals surface area contributed by atoms with Gasteiger partial charge in [-0.1, -0.05) is 18.2 Å². The number of nitrogens with zero attached hydrogens (tertiary/aromatic N) is 1. The van der Waals surface area contributed by atoms with Crippen molar-refractivity contribution < 1.29 is 14.3 Å². The highest BCUT2D eigenvalue weighted by atomic mass is 16.5. The van der Waals surface area contributed by atoms with Crippen LogP contribution in [0.2, 0.25) is 0 Å². The molecule has 0 unspecified atom stereocenters. The third kappa shape index (κ3) is 4.11. The second-order valence-electron chi connectivity index (χ2n) is 6.10. The lowest BCUT2D eigenvalue weighted by Crippen LogP contribution is -2.28. The van der Waals surface area contributed by atoms with E-state index < -0.39 is 0 Å². The minimum absolute atomic E-state index is 0.147. The first kappa shape index (κ1) is 17.7. The number of hydrogen-bond acceptors (Lipinski definition) is 4. The first-order valence-electron chi connectivity index (χ1n) is 8.50. The summed E-state index contributed by atoms with van der Waals surface area (Å²) in [6, 6.07) is 15.3. The molecule has 0 aliphatic carbocycles. The number of ether oxygens (including phenoxy) is 2. The van der Waals surface area contributed by atoms with Crippen molar-refractivity contribution in [3.63, 3.8) is 0 Å². The molecule has 0 aliphatic rings. The summed E-state index contributed by atoms with van der Waals surface area (Å²) in [6.07, 6.45) is 0. The number of carbonyl (C=O) groups is 1. The van der Waals surface area contributed by atoms with Gasteiger partial charge in [0.1, 0.15) is 18.1 Å². The summed E-state index contributed by atoms with van der Waals surface area (Å²) in [5.74, 6) is 1.30. The molecule has 1 N–H and O–H groups in total. The van der Waals surface area contributed by atoms with E-state index in [1.807, 2.05) is 56.3 Å². The zero-order valence-electron chi connectivity index (χ0n) is 15.2. The summed E-state index contributed by atoms with van der Waals surface area (Å²) in [5.41, 5.74) is 3.36. The average molecular weight is 350 g/mol. The molecule has 134 valence electrons. The van der Waals surface area contributed by atoms with Gasteiger partial charge >= 0.3 is 0 Å². The molecule has 0 spiro atoms. The summed E-state index contributed by atoms with van der Waals surface area (Å²) in [7, 11) is 1.61. The van der Waals surface area contributed by atoms with Gasteiger partial charge in [0, 0.05) is 11.5 Å². The van der Waals surface area contributed by atoms with Crippen LogP contribution in [-0.4, -0.2) is 31.2 Å². The zero-order chi connectivity index (χ0) is 18.5. The molecule has 0 atom stereocenters. The first-order chi connectivity index (χ1) is 12.6. The van der Waals surface area contributed by atoms with Crippen LogP contribution in [0.25, 0.3) is 10.9 Å². The van der Waals surface area contributed by atoms with Crippen LogP contribution < -0.4 is 14.8 Å². The highest BCUT2D eigenvalue weighted by molar-refractivity contribution is 5.98. The Labute approximate surface area is 153 Å². The first-order valence-corrected chi connectivity index (χ1v) is 8.50. The number of aryl methyl sites for hydroxylation is 2. The van der Waals surface area contributed by atoms with Gasteiger partial charge < -0.3 is 14.8 Å². The predicted molar refractivity (Wildman–Crippen MR) is 102 cm³/mol. The molecule has 0 fully saturated rings. The van der Waals surface area contributed by atoms with E-state index in [9.17, 15) is 4.79 Å². The Bertz CT molecular complexity index is 938. The second kappa shape index (κ2) is 7.87. The number of methoxy groups -OCH3 is 1. The molecule has 0 bridgehead atoms. The molecule has 0 radical (unpaired) electrons. The van der Waals surface area contributed by atoms with Crippen LogP contribution in [-0.2, 0) is 0 Å². The highest BCUT2D eigenvalue weighted by Crippen LogP contribution is 2.19. The molecule has 5 nitrogen and oxygen atoms in total. The lowest BCUT2D eigenvalue weighted by Gasteiger charge is -2.10. The van der Waals surface area contributed by atoms with E-state index >= 15 is 0 Å². The molecule has 1 aromatic heterocycles. The number of nitrogens with one attached hydrogen (secondary N) is 1. The van der Waals surface area contributed by atoms with E-state index in [1.54, 1.807) is 13.2 Å². The molecule has 1 amide bonds. The average Bonchev–Trinajstić information content (AvgIpc) is 2.64. The Kier molecular flexibility index (Phi) is 5.37. The van der Waals surface area contributed by atoms with Crippen molar-refractivity contribution in [2.75, 3.05) is 20.3 Å². The number of hydrogen-bond donors (Lipinski definition) is 1. The van der Waals surface area contributed by atoms with Crippen molar-refractivity contribution in [1.29, 1.82) is 0 Å². The van der Waals surface area contributed by atoms with Gasteiger partial charge in [0.15, 0.2) is 0 Å². The minimum atomic E-state index is -0.147. The van der Waals surface area contributed by atoms with Crippen molar-refractivity contribution in [2.45, 2.75) is 13.8 Å². The summed E-state index contributed by atoms with van der Waals surface area (Å²) >= 11 is 0. The third-order valence-corrected chi connectivity index (χ3v) is 4.11. The van der Waals surface area contributed by atoms with Crippen LogP contribution in [0.5, 0.6) is 11.5 Å². The molecule has 26 heavy (non-hydrogen) atoms. The number of aromatic nitrogens is 1. The van der Waals surface area contributed by atoms with Crippen molar-refractivity contribution in [1.82, 2.24) is 10.3 Å². The van der Waals surface area contributed by atoms with E-state index in [0.717, 1.165) is 22.2 Å². The van der Waals surface area contributed by atoms with Gasteiger partial charge in [0.25, 0.3) is 5.91 Å². The summed E-state index contributed by atoms with van der Waals surface area (Å²) in [6.45, 7) is 4.66. The Morgan fingerprint density at radius 1 is 1.08 bits per heavy atom. The standard InChI is InChI=1S/C21H22N2O3/c1-14-7-8-16-12-19(15(2)23-20(16)11-14)21(24)22-9-10-26-18-6-4-5-17(13-18)25-3/h4-8,11-13H,9-10H2,1-3H3,(H,22,24). The quantitative estimate of drug-likeness (QED) is 0.689. The third-order valence-electron chi connectivity index (χ3n) is 4.11. The van der Waals surface area contributed by atoms with Crippen molar-refractivity contribution in [2.24, 2.45) is 0 Å². The lowest BCUT2D eigenvalue weighted by atomic mass is 10.1. The van der Waals surface area contributed by atoms with Crippen LogP contribution in [0.15, 0.2) is 48.5 Å². The maximum Gasteiger partial charge on any atom is 0.253 e. The van der Waals surface area contributed by atoms with Crippen LogP contribution in [0.4, 0.5) is 0 Å². The molecule has 2 aromatic carbocycles. The molecule has 3 aromatic rings. The fraction of sp³-hybridized carbons (Fsp3) is 0.238. The minimum Gasteiger partial charge on any atom is -0.497 e. The maximum absolute atomic E-state index is 12.5. The Morgan fingerprint density at radius 3 is 2.69 bits per heavy atom. The van der Waals surface area contributed by atoms with Gasteiger partial charge in [0.05, 0.1) is 30.4 Å². The van der Waals surface area contributed by atoms with Gasteiger partial charge in [-0.2, -0.15) is 0 Å². The van der Waals surface area contributed by atoms with Crippen LogP contribution in [0.3, 0.4) is 0 Å². The molecular formula is C21H22N2O3. The van der Waals surface area contributed by atoms with Gasteiger partial charge in [-0.15, -0.1) is 0 Å². The number of amides is 1. The summed E-state index contributed by atoms with van der Waals surface area (Å²) < 4.78 is 10.8. The van der Waals surface area contributed by atoms with Gasteiger partial charge in [-0.25, -0.2) is 0 Å². The fourth-order valence-electron chi connectivity index (χ4n) is 2.72. The molecule has 0 saturated carbocycles. The van der Waals surface area contributed by atoms with E-state index in [4.69, 9.17) is 9.47 Å². The predicted octanol–water partition coefficient (Wildman–Crippen LogP) is 3.67. The monoisotopic (exact) mass is 350 g/mol. The lowest BCUT2D eigenvalue weighted by molar-refractivity contribution is 0.0946. The van der Waals surface area contributed by atoms with Crippen LogP contribution >= 0.6 is 0 Å².